The Kier molecular flexibility index (Phi) is 6.08. The van der Waals surface area contributed by atoms with Crippen molar-refractivity contribution in [1.82, 2.24) is 14.7 Å². The topological polar surface area (TPSA) is 69.9 Å². The van der Waals surface area contributed by atoms with Gasteiger partial charge in [-0.3, -0.25) is 4.79 Å². The lowest BCUT2D eigenvalue weighted by Gasteiger charge is -2.37. The minimum absolute atomic E-state index is 0.0102. The first-order valence-electron chi connectivity index (χ1n) is 6.96. The van der Waals surface area contributed by atoms with E-state index in [0.717, 1.165) is 12.8 Å². The van der Waals surface area contributed by atoms with Crippen LogP contribution in [-0.2, 0) is 4.79 Å². The molecule has 0 aromatic heterocycles. The van der Waals surface area contributed by atoms with Crippen molar-refractivity contribution < 1.29 is 9.59 Å². The van der Waals surface area contributed by atoms with Gasteiger partial charge in [-0.15, -0.1) is 0 Å². The van der Waals surface area contributed by atoms with Gasteiger partial charge in [0.05, 0.1) is 5.92 Å². The number of nitrogens with two attached hydrogens (primary N) is 1. The molecular weight excluding hydrogens is 244 g/mol. The molecule has 1 rings (SSSR count). The molecule has 1 atom stereocenters. The highest BCUT2D eigenvalue weighted by atomic mass is 16.2. The van der Waals surface area contributed by atoms with Crippen molar-refractivity contribution in [2.75, 3.05) is 46.8 Å². The van der Waals surface area contributed by atoms with Crippen LogP contribution in [0.25, 0.3) is 0 Å². The standard InChI is InChI=1S/C13H26N4O2/c1-4-5-11(10-14)12(18)16-6-8-17(9-7-16)13(19)15(2)3/h11H,4-10,14H2,1-3H3. The summed E-state index contributed by atoms with van der Waals surface area (Å²) in [5.74, 6) is 0.0717. The molecule has 3 amide bonds. The number of hydrogen-bond donors (Lipinski definition) is 1. The van der Waals surface area contributed by atoms with Gasteiger partial charge in [0, 0.05) is 46.8 Å². The molecule has 0 spiro atoms. The van der Waals surface area contributed by atoms with E-state index in [-0.39, 0.29) is 17.9 Å². The van der Waals surface area contributed by atoms with Crippen molar-refractivity contribution >= 4 is 11.9 Å². The zero-order chi connectivity index (χ0) is 14.4. The third-order valence-electron chi connectivity index (χ3n) is 3.52. The second kappa shape index (κ2) is 7.33. The molecule has 1 fully saturated rings. The van der Waals surface area contributed by atoms with E-state index in [1.165, 1.54) is 0 Å². The second-order valence-electron chi connectivity index (χ2n) is 5.21. The third-order valence-corrected chi connectivity index (χ3v) is 3.52. The van der Waals surface area contributed by atoms with Gasteiger partial charge in [-0.1, -0.05) is 13.3 Å². The van der Waals surface area contributed by atoms with Crippen LogP contribution < -0.4 is 5.73 Å². The summed E-state index contributed by atoms with van der Waals surface area (Å²) in [5.41, 5.74) is 5.66. The minimum Gasteiger partial charge on any atom is -0.339 e. The lowest BCUT2D eigenvalue weighted by molar-refractivity contribution is -0.136. The zero-order valence-corrected chi connectivity index (χ0v) is 12.3. The molecular formula is C13H26N4O2. The number of hydrogen-bond acceptors (Lipinski definition) is 3. The highest BCUT2D eigenvalue weighted by molar-refractivity contribution is 5.80. The van der Waals surface area contributed by atoms with Crippen molar-refractivity contribution in [3.63, 3.8) is 0 Å². The Balaban J connectivity index is 2.49. The molecule has 6 heteroatoms. The zero-order valence-electron chi connectivity index (χ0n) is 12.3. The summed E-state index contributed by atoms with van der Waals surface area (Å²) < 4.78 is 0. The maximum absolute atomic E-state index is 12.3. The lowest BCUT2D eigenvalue weighted by atomic mass is 10.0. The first kappa shape index (κ1) is 15.8. The summed E-state index contributed by atoms with van der Waals surface area (Å²) in [6.07, 6.45) is 1.80. The first-order chi connectivity index (χ1) is 9.01. The molecule has 19 heavy (non-hydrogen) atoms. The van der Waals surface area contributed by atoms with Gasteiger partial charge in [0.15, 0.2) is 0 Å². The molecule has 1 unspecified atom stereocenters. The minimum atomic E-state index is -0.0684. The van der Waals surface area contributed by atoms with E-state index in [0.29, 0.717) is 32.7 Å². The molecule has 0 aliphatic carbocycles. The third kappa shape index (κ3) is 4.09. The van der Waals surface area contributed by atoms with Gasteiger partial charge in [-0.2, -0.15) is 0 Å². The average molecular weight is 270 g/mol. The number of carbonyl (C=O) groups is 2. The predicted octanol–water partition coefficient (Wildman–Crippen LogP) is 0.187. The maximum atomic E-state index is 12.3. The molecule has 2 N–H and O–H groups in total. The van der Waals surface area contributed by atoms with Crippen molar-refractivity contribution in [2.45, 2.75) is 19.8 Å². The van der Waals surface area contributed by atoms with Crippen LogP contribution in [0.1, 0.15) is 19.8 Å². The molecule has 0 bridgehead atoms. The van der Waals surface area contributed by atoms with E-state index in [2.05, 4.69) is 6.92 Å². The van der Waals surface area contributed by atoms with Crippen LogP contribution in [0.4, 0.5) is 4.79 Å². The SMILES string of the molecule is CCCC(CN)C(=O)N1CCN(C(=O)N(C)C)CC1. The van der Waals surface area contributed by atoms with Gasteiger partial charge in [0.1, 0.15) is 0 Å². The van der Waals surface area contributed by atoms with Gasteiger partial charge in [-0.25, -0.2) is 4.79 Å². The fourth-order valence-electron chi connectivity index (χ4n) is 2.35. The number of rotatable bonds is 4. The van der Waals surface area contributed by atoms with Crippen LogP contribution in [0.2, 0.25) is 0 Å². The first-order valence-corrected chi connectivity index (χ1v) is 6.96. The Hall–Kier alpha value is -1.30. The highest BCUT2D eigenvalue weighted by Gasteiger charge is 2.28. The molecule has 110 valence electrons. The summed E-state index contributed by atoms with van der Waals surface area (Å²) in [7, 11) is 3.48. The van der Waals surface area contributed by atoms with Gasteiger partial charge < -0.3 is 20.4 Å². The van der Waals surface area contributed by atoms with Gasteiger partial charge >= 0.3 is 6.03 Å². The number of amides is 3. The van der Waals surface area contributed by atoms with Crippen molar-refractivity contribution in [2.24, 2.45) is 11.7 Å². The van der Waals surface area contributed by atoms with Gasteiger partial charge in [-0.05, 0) is 6.42 Å². The van der Waals surface area contributed by atoms with E-state index in [1.54, 1.807) is 23.9 Å². The molecule has 1 saturated heterocycles. The second-order valence-corrected chi connectivity index (χ2v) is 5.21. The molecule has 0 saturated carbocycles. The Labute approximate surface area is 115 Å². The summed E-state index contributed by atoms with van der Waals surface area (Å²) in [6, 6.07) is 0.0102. The number of nitrogens with zero attached hydrogens (tertiary/aromatic N) is 3. The molecule has 1 aliphatic heterocycles. The van der Waals surface area contributed by atoms with Crippen molar-refractivity contribution in [3.05, 3.63) is 0 Å². The Bertz CT molecular complexity index is 312. The van der Waals surface area contributed by atoms with E-state index in [4.69, 9.17) is 5.73 Å². The van der Waals surface area contributed by atoms with E-state index in [9.17, 15) is 9.59 Å². The summed E-state index contributed by atoms with van der Waals surface area (Å²) in [4.78, 5) is 29.2. The van der Waals surface area contributed by atoms with Crippen LogP contribution in [0.15, 0.2) is 0 Å². The molecule has 0 aromatic rings. The summed E-state index contributed by atoms with van der Waals surface area (Å²) in [5, 5.41) is 0. The molecule has 0 aromatic carbocycles. The number of piperazine rings is 1. The van der Waals surface area contributed by atoms with Gasteiger partial charge in [0.2, 0.25) is 5.91 Å². The molecule has 6 nitrogen and oxygen atoms in total. The largest absolute Gasteiger partial charge is 0.339 e. The Morgan fingerprint density at radius 1 is 1.16 bits per heavy atom. The summed E-state index contributed by atoms with van der Waals surface area (Å²) >= 11 is 0. The smallest absolute Gasteiger partial charge is 0.319 e. The molecule has 1 aliphatic rings. The van der Waals surface area contributed by atoms with Gasteiger partial charge in [0.25, 0.3) is 0 Å². The van der Waals surface area contributed by atoms with Crippen LogP contribution in [-0.4, -0.2) is 73.5 Å². The summed E-state index contributed by atoms with van der Waals surface area (Å²) in [6.45, 7) is 4.89. The predicted molar refractivity (Wildman–Crippen MR) is 74.7 cm³/mol. The molecule has 1 heterocycles. The fraction of sp³-hybridized carbons (Fsp3) is 0.846. The number of carbonyl (C=O) groups excluding carboxylic acids is 2. The van der Waals surface area contributed by atoms with Crippen LogP contribution >= 0.6 is 0 Å². The van der Waals surface area contributed by atoms with E-state index < -0.39 is 0 Å². The normalized spacial score (nSPS) is 17.3. The fourth-order valence-corrected chi connectivity index (χ4v) is 2.35. The Morgan fingerprint density at radius 2 is 1.68 bits per heavy atom. The van der Waals surface area contributed by atoms with Crippen molar-refractivity contribution in [3.8, 4) is 0 Å². The van der Waals surface area contributed by atoms with E-state index in [1.807, 2.05) is 4.90 Å². The van der Waals surface area contributed by atoms with Crippen LogP contribution in [0.5, 0.6) is 0 Å². The van der Waals surface area contributed by atoms with Crippen molar-refractivity contribution in [1.29, 1.82) is 0 Å². The van der Waals surface area contributed by atoms with E-state index >= 15 is 0 Å². The maximum Gasteiger partial charge on any atom is 0.319 e. The monoisotopic (exact) mass is 270 g/mol. The number of urea groups is 1. The average Bonchev–Trinajstić information content (AvgIpc) is 2.43. The lowest BCUT2D eigenvalue weighted by Crippen LogP contribution is -2.54. The Morgan fingerprint density at radius 3 is 2.11 bits per heavy atom. The molecule has 0 radical (unpaired) electrons. The van der Waals surface area contributed by atoms with Crippen LogP contribution in [0.3, 0.4) is 0 Å². The van der Waals surface area contributed by atoms with Crippen LogP contribution in [0, 0.1) is 5.92 Å². The quantitative estimate of drug-likeness (QED) is 0.792. The highest BCUT2D eigenvalue weighted by Crippen LogP contribution is 2.12.